The SMILES string of the molecule is Cc1onc(-c2ccc(C(=O)NCC(C)C)cc2)c1-c1cccc(F)c1. The van der Waals surface area contributed by atoms with Gasteiger partial charge >= 0.3 is 0 Å². The van der Waals surface area contributed by atoms with Gasteiger partial charge in [0.25, 0.3) is 5.91 Å². The molecule has 0 fully saturated rings. The number of benzene rings is 2. The van der Waals surface area contributed by atoms with Crippen LogP contribution in [0, 0.1) is 18.7 Å². The molecule has 2 aromatic carbocycles. The first-order valence-corrected chi connectivity index (χ1v) is 8.56. The lowest BCUT2D eigenvalue weighted by atomic mass is 9.98. The molecule has 0 spiro atoms. The summed E-state index contributed by atoms with van der Waals surface area (Å²) in [5.41, 5.74) is 3.48. The molecule has 0 aliphatic rings. The van der Waals surface area contributed by atoms with Crippen LogP contribution in [0.4, 0.5) is 4.39 Å². The largest absolute Gasteiger partial charge is 0.360 e. The predicted octanol–water partition coefficient (Wildman–Crippen LogP) is 4.84. The molecule has 1 amide bonds. The van der Waals surface area contributed by atoms with E-state index in [-0.39, 0.29) is 11.7 Å². The highest BCUT2D eigenvalue weighted by Gasteiger charge is 2.17. The average Bonchev–Trinajstić information content (AvgIpc) is 3.01. The third-order valence-corrected chi connectivity index (χ3v) is 4.07. The highest BCUT2D eigenvalue weighted by molar-refractivity contribution is 5.95. The van der Waals surface area contributed by atoms with E-state index < -0.39 is 0 Å². The monoisotopic (exact) mass is 352 g/mol. The van der Waals surface area contributed by atoms with Gasteiger partial charge < -0.3 is 9.84 Å². The zero-order valence-corrected chi connectivity index (χ0v) is 15.0. The Morgan fingerprint density at radius 3 is 2.54 bits per heavy atom. The molecule has 0 saturated heterocycles. The summed E-state index contributed by atoms with van der Waals surface area (Å²) in [5, 5.41) is 7.02. The van der Waals surface area contributed by atoms with Crippen LogP contribution >= 0.6 is 0 Å². The molecule has 0 aliphatic carbocycles. The topological polar surface area (TPSA) is 55.1 Å². The van der Waals surface area contributed by atoms with E-state index in [2.05, 4.69) is 10.5 Å². The van der Waals surface area contributed by atoms with Gasteiger partial charge in [0.2, 0.25) is 0 Å². The minimum atomic E-state index is -0.314. The Balaban J connectivity index is 1.90. The maximum atomic E-state index is 13.6. The van der Waals surface area contributed by atoms with Crippen LogP contribution in [0.5, 0.6) is 0 Å². The smallest absolute Gasteiger partial charge is 0.251 e. The lowest BCUT2D eigenvalue weighted by Crippen LogP contribution is -2.27. The number of hydrogen-bond donors (Lipinski definition) is 1. The Kier molecular flexibility index (Phi) is 5.16. The van der Waals surface area contributed by atoms with Gasteiger partial charge in [-0.15, -0.1) is 0 Å². The number of carbonyl (C=O) groups is 1. The van der Waals surface area contributed by atoms with E-state index in [9.17, 15) is 9.18 Å². The molecule has 3 aromatic rings. The highest BCUT2D eigenvalue weighted by atomic mass is 19.1. The van der Waals surface area contributed by atoms with Crippen molar-refractivity contribution in [2.24, 2.45) is 5.92 Å². The van der Waals surface area contributed by atoms with Crippen molar-refractivity contribution in [2.45, 2.75) is 20.8 Å². The summed E-state index contributed by atoms with van der Waals surface area (Å²) in [6, 6.07) is 13.5. The number of aryl methyl sites for hydroxylation is 1. The Morgan fingerprint density at radius 2 is 1.88 bits per heavy atom. The van der Waals surface area contributed by atoms with E-state index in [1.807, 2.05) is 32.0 Å². The van der Waals surface area contributed by atoms with Crippen molar-refractivity contribution >= 4 is 5.91 Å². The lowest BCUT2D eigenvalue weighted by molar-refractivity contribution is 0.0949. The zero-order valence-electron chi connectivity index (χ0n) is 15.0. The van der Waals surface area contributed by atoms with Crippen LogP contribution in [-0.4, -0.2) is 17.6 Å². The van der Waals surface area contributed by atoms with E-state index in [0.29, 0.717) is 35.0 Å². The third kappa shape index (κ3) is 3.82. The van der Waals surface area contributed by atoms with Gasteiger partial charge in [-0.25, -0.2) is 4.39 Å². The first-order valence-electron chi connectivity index (χ1n) is 8.56. The summed E-state index contributed by atoms with van der Waals surface area (Å²) >= 11 is 0. The highest BCUT2D eigenvalue weighted by Crippen LogP contribution is 2.34. The number of amides is 1. The maximum Gasteiger partial charge on any atom is 0.251 e. The first kappa shape index (κ1) is 17.9. The fourth-order valence-electron chi connectivity index (χ4n) is 2.73. The van der Waals surface area contributed by atoms with Crippen molar-refractivity contribution < 1.29 is 13.7 Å². The quantitative estimate of drug-likeness (QED) is 0.715. The number of nitrogens with one attached hydrogen (secondary N) is 1. The molecule has 0 unspecified atom stereocenters. The van der Waals surface area contributed by atoms with E-state index in [4.69, 9.17) is 4.52 Å². The van der Waals surface area contributed by atoms with Crippen molar-refractivity contribution in [3.05, 3.63) is 65.7 Å². The van der Waals surface area contributed by atoms with Gasteiger partial charge in [0.15, 0.2) is 0 Å². The number of nitrogens with zero attached hydrogens (tertiary/aromatic N) is 1. The fraction of sp³-hybridized carbons (Fsp3) is 0.238. The Morgan fingerprint density at radius 1 is 1.15 bits per heavy atom. The van der Waals surface area contributed by atoms with Crippen LogP contribution in [0.15, 0.2) is 53.1 Å². The van der Waals surface area contributed by atoms with E-state index in [1.54, 1.807) is 25.1 Å². The van der Waals surface area contributed by atoms with E-state index >= 15 is 0 Å². The second-order valence-electron chi connectivity index (χ2n) is 6.65. The molecule has 1 heterocycles. The van der Waals surface area contributed by atoms with Crippen molar-refractivity contribution in [3.8, 4) is 22.4 Å². The summed E-state index contributed by atoms with van der Waals surface area (Å²) in [5.74, 6) is 0.590. The summed E-state index contributed by atoms with van der Waals surface area (Å²) in [4.78, 5) is 12.1. The molecule has 0 saturated carbocycles. The Bertz CT molecular complexity index is 914. The normalized spacial score (nSPS) is 11.0. The molecule has 134 valence electrons. The Labute approximate surface area is 152 Å². The van der Waals surface area contributed by atoms with Crippen molar-refractivity contribution in [2.75, 3.05) is 6.54 Å². The Hall–Kier alpha value is -2.95. The van der Waals surface area contributed by atoms with Crippen molar-refractivity contribution in [1.82, 2.24) is 10.5 Å². The molecule has 0 radical (unpaired) electrons. The first-order chi connectivity index (χ1) is 12.5. The summed E-state index contributed by atoms with van der Waals surface area (Å²) in [6.45, 7) is 6.52. The standard InChI is InChI=1S/C21H21FN2O2/c1-13(2)12-23-21(25)16-9-7-15(8-10-16)20-19(14(3)26-24-20)17-5-4-6-18(22)11-17/h4-11,13H,12H2,1-3H3,(H,23,25). The molecular formula is C21H21FN2O2. The predicted molar refractivity (Wildman–Crippen MR) is 99.2 cm³/mol. The molecular weight excluding hydrogens is 331 g/mol. The number of rotatable bonds is 5. The molecule has 0 aliphatic heterocycles. The number of hydrogen-bond acceptors (Lipinski definition) is 3. The number of aromatic nitrogens is 1. The molecule has 26 heavy (non-hydrogen) atoms. The van der Waals surface area contributed by atoms with Gasteiger partial charge in [0.05, 0.1) is 5.56 Å². The van der Waals surface area contributed by atoms with Crippen LogP contribution < -0.4 is 5.32 Å². The van der Waals surface area contributed by atoms with Crippen LogP contribution in [0.2, 0.25) is 0 Å². The molecule has 1 N–H and O–H groups in total. The summed E-state index contributed by atoms with van der Waals surface area (Å²) < 4.78 is 18.9. The van der Waals surface area contributed by atoms with Crippen LogP contribution in [0.3, 0.4) is 0 Å². The second-order valence-corrected chi connectivity index (χ2v) is 6.65. The molecule has 1 aromatic heterocycles. The summed E-state index contributed by atoms with van der Waals surface area (Å²) in [7, 11) is 0. The van der Waals surface area contributed by atoms with E-state index in [0.717, 1.165) is 11.1 Å². The summed E-state index contributed by atoms with van der Waals surface area (Å²) in [6.07, 6.45) is 0. The van der Waals surface area contributed by atoms with Crippen LogP contribution in [0.1, 0.15) is 30.0 Å². The molecule has 5 heteroatoms. The lowest BCUT2D eigenvalue weighted by Gasteiger charge is -2.08. The van der Waals surface area contributed by atoms with Gasteiger partial charge in [-0.1, -0.05) is 43.3 Å². The van der Waals surface area contributed by atoms with Crippen LogP contribution in [-0.2, 0) is 0 Å². The van der Waals surface area contributed by atoms with Gasteiger partial charge in [-0.05, 0) is 42.7 Å². The minimum absolute atomic E-state index is 0.105. The maximum absolute atomic E-state index is 13.6. The van der Waals surface area contributed by atoms with Gasteiger partial charge in [0, 0.05) is 17.7 Å². The number of halogens is 1. The fourth-order valence-corrected chi connectivity index (χ4v) is 2.73. The average molecular weight is 352 g/mol. The third-order valence-electron chi connectivity index (χ3n) is 4.07. The zero-order chi connectivity index (χ0) is 18.7. The van der Waals surface area contributed by atoms with Crippen molar-refractivity contribution in [1.29, 1.82) is 0 Å². The van der Waals surface area contributed by atoms with Crippen molar-refractivity contribution in [3.63, 3.8) is 0 Å². The minimum Gasteiger partial charge on any atom is -0.360 e. The molecule has 4 nitrogen and oxygen atoms in total. The number of carbonyl (C=O) groups excluding carboxylic acids is 1. The van der Waals surface area contributed by atoms with Crippen LogP contribution in [0.25, 0.3) is 22.4 Å². The molecule has 3 rings (SSSR count). The molecule has 0 atom stereocenters. The second kappa shape index (κ2) is 7.52. The van der Waals surface area contributed by atoms with Gasteiger partial charge in [-0.3, -0.25) is 4.79 Å². The van der Waals surface area contributed by atoms with Gasteiger partial charge in [-0.2, -0.15) is 0 Å². The molecule has 0 bridgehead atoms. The van der Waals surface area contributed by atoms with E-state index in [1.165, 1.54) is 12.1 Å². The van der Waals surface area contributed by atoms with Gasteiger partial charge in [0.1, 0.15) is 17.3 Å².